The van der Waals surface area contributed by atoms with Crippen LogP contribution in [0.5, 0.6) is 0 Å². The van der Waals surface area contributed by atoms with E-state index in [0.29, 0.717) is 61.4 Å². The predicted octanol–water partition coefficient (Wildman–Crippen LogP) is 4.24. The molecule has 2 aromatic rings. The van der Waals surface area contributed by atoms with Crippen molar-refractivity contribution >= 4 is 29.1 Å². The van der Waals surface area contributed by atoms with E-state index >= 15 is 0 Å². The van der Waals surface area contributed by atoms with Gasteiger partial charge in [-0.05, 0) is 73.1 Å². The Hall–Kier alpha value is -3.28. The Kier molecular flexibility index (Phi) is 5.37. The topological polar surface area (TPSA) is 83.6 Å². The maximum atomic E-state index is 13.0. The minimum Gasteiger partial charge on any atom is -0.324 e. The Balaban J connectivity index is 1.29. The summed E-state index contributed by atoms with van der Waals surface area (Å²) >= 11 is 0. The summed E-state index contributed by atoms with van der Waals surface area (Å²) in [7, 11) is 0. The zero-order chi connectivity index (χ0) is 22.2. The molecule has 0 aromatic heterocycles. The fourth-order valence-electron chi connectivity index (χ4n) is 4.74. The summed E-state index contributed by atoms with van der Waals surface area (Å²) in [5.74, 6) is 0.456. The molecule has 6 heteroatoms. The van der Waals surface area contributed by atoms with E-state index in [9.17, 15) is 19.2 Å². The summed E-state index contributed by atoms with van der Waals surface area (Å²) in [6, 6.07) is 12.4. The van der Waals surface area contributed by atoms with Gasteiger partial charge in [0.2, 0.25) is 0 Å². The second kappa shape index (κ2) is 8.34. The van der Waals surface area contributed by atoms with E-state index in [0.717, 1.165) is 5.56 Å². The molecule has 1 heterocycles. The molecule has 0 bridgehead atoms. The molecule has 0 spiro atoms. The van der Waals surface area contributed by atoms with Gasteiger partial charge in [0.1, 0.15) is 5.78 Å². The molecule has 0 radical (unpaired) electrons. The number of Topliss-reactive ketones (excluding diaryl/α,β-unsaturated/α-hetero) is 2. The van der Waals surface area contributed by atoms with Crippen LogP contribution in [-0.4, -0.2) is 34.3 Å². The van der Waals surface area contributed by atoms with Crippen molar-refractivity contribution in [3.63, 3.8) is 0 Å². The highest BCUT2D eigenvalue weighted by Gasteiger charge is 2.37. The van der Waals surface area contributed by atoms with Gasteiger partial charge in [-0.1, -0.05) is 12.1 Å². The Morgan fingerprint density at radius 2 is 1.69 bits per heavy atom. The zero-order valence-corrected chi connectivity index (χ0v) is 17.9. The molecule has 1 unspecified atom stereocenters. The maximum absolute atomic E-state index is 13.0. The van der Waals surface area contributed by atoms with Crippen LogP contribution in [0.4, 0.5) is 5.69 Å². The Morgan fingerprint density at radius 1 is 0.906 bits per heavy atom. The van der Waals surface area contributed by atoms with Crippen molar-refractivity contribution in [2.24, 2.45) is 0 Å². The highest BCUT2D eigenvalue weighted by Crippen LogP contribution is 2.40. The number of nitrogens with zero attached hydrogens (tertiary/aromatic N) is 1. The van der Waals surface area contributed by atoms with Gasteiger partial charge < -0.3 is 10.2 Å². The van der Waals surface area contributed by atoms with E-state index < -0.39 is 6.04 Å². The van der Waals surface area contributed by atoms with E-state index in [1.54, 1.807) is 17.0 Å². The van der Waals surface area contributed by atoms with Gasteiger partial charge in [0, 0.05) is 42.6 Å². The van der Waals surface area contributed by atoms with Crippen LogP contribution < -0.4 is 5.32 Å². The normalized spacial score (nSPS) is 21.2. The lowest BCUT2D eigenvalue weighted by atomic mass is 9.94. The minimum absolute atomic E-state index is 0.0295. The third kappa shape index (κ3) is 4.09. The molecule has 6 nitrogen and oxygen atoms in total. The first kappa shape index (κ1) is 20.6. The molecule has 1 aliphatic heterocycles. The van der Waals surface area contributed by atoms with Crippen LogP contribution in [0.2, 0.25) is 0 Å². The van der Waals surface area contributed by atoms with Gasteiger partial charge in [-0.25, -0.2) is 0 Å². The number of carbonyl (C=O) groups excluding carboxylic acids is 4. The summed E-state index contributed by atoms with van der Waals surface area (Å²) in [6.45, 7) is 0.318. The lowest BCUT2D eigenvalue weighted by Crippen LogP contribution is -2.42. The van der Waals surface area contributed by atoms with Gasteiger partial charge >= 0.3 is 0 Å². The van der Waals surface area contributed by atoms with Crippen molar-refractivity contribution in [1.82, 2.24) is 4.90 Å². The lowest BCUT2D eigenvalue weighted by Gasteiger charge is -2.27. The minimum atomic E-state index is -0.554. The molecule has 2 amide bonds. The van der Waals surface area contributed by atoms with Gasteiger partial charge in [-0.15, -0.1) is 0 Å². The highest BCUT2D eigenvalue weighted by atomic mass is 16.2. The molecule has 2 fully saturated rings. The first-order valence-electron chi connectivity index (χ1n) is 11.4. The SMILES string of the molecule is O=C1CCCC(=O)C(N2Cc3cc(NC(=O)c4ccc(C5CC5)cc4)ccc3C2=O)CC1. The number of fused-ring (bicyclic) bond motifs is 1. The van der Waals surface area contributed by atoms with Crippen molar-refractivity contribution in [2.75, 3.05) is 5.32 Å². The molecule has 0 saturated heterocycles. The third-order valence-electron chi connectivity index (χ3n) is 6.74. The molecule has 2 saturated carbocycles. The second-order valence-corrected chi connectivity index (χ2v) is 9.07. The monoisotopic (exact) mass is 430 g/mol. The van der Waals surface area contributed by atoms with Gasteiger partial charge in [0.25, 0.3) is 11.8 Å². The number of hydrogen-bond acceptors (Lipinski definition) is 4. The summed E-state index contributed by atoms with van der Waals surface area (Å²) in [5, 5.41) is 2.91. The largest absolute Gasteiger partial charge is 0.324 e. The molecular weight excluding hydrogens is 404 g/mol. The number of ketones is 2. The number of amides is 2. The van der Waals surface area contributed by atoms with Crippen LogP contribution in [0.25, 0.3) is 0 Å². The zero-order valence-electron chi connectivity index (χ0n) is 17.9. The van der Waals surface area contributed by atoms with E-state index in [4.69, 9.17) is 0 Å². The van der Waals surface area contributed by atoms with E-state index in [1.807, 2.05) is 30.3 Å². The Labute approximate surface area is 187 Å². The number of carbonyl (C=O) groups is 4. The summed E-state index contributed by atoms with van der Waals surface area (Å²) in [4.78, 5) is 51.7. The first-order valence-corrected chi connectivity index (χ1v) is 11.4. The predicted molar refractivity (Wildman–Crippen MR) is 120 cm³/mol. The molecule has 164 valence electrons. The van der Waals surface area contributed by atoms with Crippen molar-refractivity contribution in [1.29, 1.82) is 0 Å². The van der Waals surface area contributed by atoms with Crippen LogP contribution in [-0.2, 0) is 16.1 Å². The molecular formula is C26H26N2O4. The first-order chi connectivity index (χ1) is 15.5. The number of anilines is 1. The van der Waals surface area contributed by atoms with Crippen LogP contribution >= 0.6 is 0 Å². The summed E-state index contributed by atoms with van der Waals surface area (Å²) in [5.41, 5.74) is 3.84. The van der Waals surface area contributed by atoms with Crippen LogP contribution in [0, 0.1) is 0 Å². The van der Waals surface area contributed by atoms with Gasteiger partial charge in [-0.3, -0.25) is 19.2 Å². The van der Waals surface area contributed by atoms with E-state index in [1.165, 1.54) is 18.4 Å². The number of benzene rings is 2. The molecule has 1 N–H and O–H groups in total. The lowest BCUT2D eigenvalue weighted by molar-refractivity contribution is -0.126. The molecule has 32 heavy (non-hydrogen) atoms. The smallest absolute Gasteiger partial charge is 0.255 e. The highest BCUT2D eigenvalue weighted by molar-refractivity contribution is 6.06. The number of nitrogens with one attached hydrogen (secondary N) is 1. The third-order valence-corrected chi connectivity index (χ3v) is 6.74. The second-order valence-electron chi connectivity index (χ2n) is 9.07. The standard InChI is InChI=1S/C26H26N2O4/c29-21-2-1-3-24(30)23(13-11-21)28-15-19-14-20(10-12-22(19)26(28)32)27-25(31)18-8-6-17(7-9-18)16-4-5-16/h6-10,12,14,16,23H,1-5,11,13,15H2,(H,27,31). The fraction of sp³-hybridized carbons (Fsp3) is 0.385. The molecule has 3 aliphatic rings. The van der Waals surface area contributed by atoms with Gasteiger partial charge in [-0.2, -0.15) is 0 Å². The quantitative estimate of drug-likeness (QED) is 0.786. The van der Waals surface area contributed by atoms with Gasteiger partial charge in [0.15, 0.2) is 5.78 Å². The van der Waals surface area contributed by atoms with E-state index in [2.05, 4.69) is 5.32 Å². The van der Waals surface area contributed by atoms with Crippen molar-refractivity contribution in [3.05, 3.63) is 64.7 Å². The molecule has 2 aromatic carbocycles. The van der Waals surface area contributed by atoms with Crippen LogP contribution in [0.15, 0.2) is 42.5 Å². The molecule has 1 atom stereocenters. The Bertz CT molecular complexity index is 1100. The number of rotatable bonds is 4. The van der Waals surface area contributed by atoms with Crippen molar-refractivity contribution < 1.29 is 19.2 Å². The van der Waals surface area contributed by atoms with E-state index in [-0.39, 0.29) is 23.4 Å². The van der Waals surface area contributed by atoms with Gasteiger partial charge in [0.05, 0.1) is 6.04 Å². The Morgan fingerprint density at radius 3 is 2.44 bits per heavy atom. The molecule has 2 aliphatic carbocycles. The summed E-state index contributed by atoms with van der Waals surface area (Å²) in [6.07, 6.45) is 4.49. The number of hydrogen-bond donors (Lipinski definition) is 1. The maximum Gasteiger partial charge on any atom is 0.255 e. The van der Waals surface area contributed by atoms with Crippen LogP contribution in [0.3, 0.4) is 0 Å². The van der Waals surface area contributed by atoms with Crippen molar-refractivity contribution in [3.8, 4) is 0 Å². The molecule has 5 rings (SSSR count). The average Bonchev–Trinajstić information content (AvgIpc) is 3.58. The average molecular weight is 431 g/mol. The fourth-order valence-corrected chi connectivity index (χ4v) is 4.74. The van der Waals surface area contributed by atoms with Crippen LogP contribution in [0.1, 0.15) is 82.7 Å². The van der Waals surface area contributed by atoms with Crippen molar-refractivity contribution in [2.45, 2.75) is 63.5 Å². The summed E-state index contributed by atoms with van der Waals surface area (Å²) < 4.78 is 0.